The first-order valence-electron chi connectivity index (χ1n) is 9.12. The van der Waals surface area contributed by atoms with Crippen molar-refractivity contribution in [2.24, 2.45) is 0 Å². The molecule has 1 aromatic carbocycles. The Bertz CT molecular complexity index is 764. The maximum atomic E-state index is 12.6. The maximum absolute atomic E-state index is 12.6. The van der Waals surface area contributed by atoms with Gasteiger partial charge in [0.1, 0.15) is 0 Å². The van der Waals surface area contributed by atoms with E-state index >= 15 is 0 Å². The highest BCUT2D eigenvalue weighted by Crippen LogP contribution is 2.19. The first-order chi connectivity index (χ1) is 12.4. The van der Waals surface area contributed by atoms with Gasteiger partial charge in [-0.15, -0.1) is 0 Å². The van der Waals surface area contributed by atoms with Crippen LogP contribution in [-0.2, 0) is 0 Å². The summed E-state index contributed by atoms with van der Waals surface area (Å²) in [5.41, 5.74) is 3.24. The number of carbonyl (C=O) groups is 1. The number of hydrogen-bond acceptors (Lipinski definition) is 5. The van der Waals surface area contributed by atoms with E-state index < -0.39 is 0 Å². The first kappa shape index (κ1) is 18.3. The summed E-state index contributed by atoms with van der Waals surface area (Å²) in [5.74, 6) is 0.996. The molecule has 0 atom stereocenters. The SMILES string of the molecule is Cc1nc(N2CCN(C)CC2)ncc1C(=O)Nc1ccc(C(C)C)cc1. The number of nitrogens with zero attached hydrogens (tertiary/aromatic N) is 4. The molecule has 26 heavy (non-hydrogen) atoms. The summed E-state index contributed by atoms with van der Waals surface area (Å²) >= 11 is 0. The number of amides is 1. The average molecular weight is 353 g/mol. The van der Waals surface area contributed by atoms with Crippen molar-refractivity contribution in [3.63, 3.8) is 0 Å². The van der Waals surface area contributed by atoms with Gasteiger partial charge < -0.3 is 15.1 Å². The molecule has 1 fully saturated rings. The van der Waals surface area contributed by atoms with Crippen molar-refractivity contribution in [1.82, 2.24) is 14.9 Å². The van der Waals surface area contributed by atoms with E-state index in [0.717, 1.165) is 31.9 Å². The van der Waals surface area contributed by atoms with E-state index in [0.29, 0.717) is 23.1 Å². The summed E-state index contributed by atoms with van der Waals surface area (Å²) in [6.45, 7) is 9.96. The van der Waals surface area contributed by atoms with E-state index in [4.69, 9.17) is 0 Å². The molecule has 3 rings (SSSR count). The van der Waals surface area contributed by atoms with E-state index in [1.165, 1.54) is 5.56 Å². The number of aryl methyl sites for hydroxylation is 1. The van der Waals surface area contributed by atoms with Crippen molar-refractivity contribution in [3.8, 4) is 0 Å². The van der Waals surface area contributed by atoms with Crippen molar-refractivity contribution >= 4 is 17.5 Å². The molecule has 0 radical (unpaired) electrons. The van der Waals surface area contributed by atoms with Gasteiger partial charge in [-0.25, -0.2) is 9.97 Å². The molecule has 0 aliphatic carbocycles. The van der Waals surface area contributed by atoms with Crippen molar-refractivity contribution in [2.45, 2.75) is 26.7 Å². The van der Waals surface area contributed by atoms with Crippen molar-refractivity contribution < 1.29 is 4.79 Å². The number of rotatable bonds is 4. The maximum Gasteiger partial charge on any atom is 0.259 e. The Morgan fingerprint density at radius 1 is 1.12 bits per heavy atom. The highest BCUT2D eigenvalue weighted by atomic mass is 16.1. The van der Waals surface area contributed by atoms with Crippen LogP contribution in [0.3, 0.4) is 0 Å². The van der Waals surface area contributed by atoms with E-state index in [2.05, 4.69) is 46.0 Å². The molecule has 6 heteroatoms. The number of carbonyl (C=O) groups excluding carboxylic acids is 1. The van der Waals surface area contributed by atoms with Crippen molar-refractivity contribution in [1.29, 1.82) is 0 Å². The van der Waals surface area contributed by atoms with Gasteiger partial charge in [0.05, 0.1) is 11.3 Å². The Morgan fingerprint density at radius 3 is 2.35 bits per heavy atom. The van der Waals surface area contributed by atoms with Gasteiger partial charge in [0.25, 0.3) is 5.91 Å². The molecule has 2 aromatic rings. The van der Waals surface area contributed by atoms with Gasteiger partial charge in [0.15, 0.2) is 0 Å². The summed E-state index contributed by atoms with van der Waals surface area (Å²) in [4.78, 5) is 26.0. The number of hydrogen-bond donors (Lipinski definition) is 1. The second-order valence-corrected chi connectivity index (χ2v) is 7.19. The number of anilines is 2. The van der Waals surface area contributed by atoms with Crippen LogP contribution in [-0.4, -0.2) is 54.0 Å². The minimum atomic E-state index is -0.176. The van der Waals surface area contributed by atoms with Crippen LogP contribution in [0, 0.1) is 6.92 Å². The molecule has 1 aliphatic heterocycles. The highest BCUT2D eigenvalue weighted by Gasteiger charge is 2.19. The summed E-state index contributed by atoms with van der Waals surface area (Å²) < 4.78 is 0. The number of likely N-dealkylation sites (N-methyl/N-ethyl adjacent to an activating group) is 1. The van der Waals surface area contributed by atoms with Crippen LogP contribution in [0.15, 0.2) is 30.5 Å². The Labute approximate surface area is 155 Å². The third-order valence-electron chi connectivity index (χ3n) is 4.83. The monoisotopic (exact) mass is 353 g/mol. The van der Waals surface area contributed by atoms with Gasteiger partial charge in [-0.3, -0.25) is 4.79 Å². The zero-order valence-corrected chi connectivity index (χ0v) is 16.0. The number of benzene rings is 1. The van der Waals surface area contributed by atoms with Crippen LogP contribution >= 0.6 is 0 Å². The van der Waals surface area contributed by atoms with Crippen LogP contribution in [0.4, 0.5) is 11.6 Å². The highest BCUT2D eigenvalue weighted by molar-refractivity contribution is 6.04. The zero-order valence-electron chi connectivity index (χ0n) is 16.0. The van der Waals surface area contributed by atoms with Gasteiger partial charge in [-0.1, -0.05) is 26.0 Å². The average Bonchev–Trinajstić information content (AvgIpc) is 2.62. The quantitative estimate of drug-likeness (QED) is 0.916. The Hall–Kier alpha value is -2.47. The Morgan fingerprint density at radius 2 is 1.77 bits per heavy atom. The van der Waals surface area contributed by atoms with Crippen LogP contribution < -0.4 is 10.2 Å². The molecule has 1 aromatic heterocycles. The lowest BCUT2D eigenvalue weighted by Crippen LogP contribution is -2.45. The molecule has 6 nitrogen and oxygen atoms in total. The zero-order chi connectivity index (χ0) is 18.7. The molecule has 0 unspecified atom stereocenters. The normalized spacial score (nSPS) is 15.3. The number of aromatic nitrogens is 2. The van der Waals surface area contributed by atoms with E-state index in [1.807, 2.05) is 31.2 Å². The molecular weight excluding hydrogens is 326 g/mol. The largest absolute Gasteiger partial charge is 0.338 e. The van der Waals surface area contributed by atoms with Crippen molar-refractivity contribution in [3.05, 3.63) is 47.3 Å². The van der Waals surface area contributed by atoms with Gasteiger partial charge in [-0.2, -0.15) is 0 Å². The van der Waals surface area contributed by atoms with Crippen LogP contribution in [0.25, 0.3) is 0 Å². The molecule has 1 amide bonds. The van der Waals surface area contributed by atoms with Crippen LogP contribution in [0.5, 0.6) is 0 Å². The van der Waals surface area contributed by atoms with Crippen LogP contribution in [0.1, 0.15) is 41.4 Å². The van der Waals surface area contributed by atoms with Gasteiger partial charge >= 0.3 is 0 Å². The smallest absolute Gasteiger partial charge is 0.259 e. The van der Waals surface area contributed by atoms with Gasteiger partial charge in [0.2, 0.25) is 5.95 Å². The molecule has 1 aliphatic rings. The molecule has 1 saturated heterocycles. The molecule has 0 bridgehead atoms. The fourth-order valence-corrected chi connectivity index (χ4v) is 2.99. The first-order valence-corrected chi connectivity index (χ1v) is 9.12. The van der Waals surface area contributed by atoms with Gasteiger partial charge in [0, 0.05) is 38.1 Å². The predicted octanol–water partition coefficient (Wildman–Crippen LogP) is 2.91. The lowest BCUT2D eigenvalue weighted by Gasteiger charge is -2.32. The predicted molar refractivity (Wildman–Crippen MR) is 105 cm³/mol. The number of nitrogens with one attached hydrogen (secondary N) is 1. The van der Waals surface area contributed by atoms with Crippen LogP contribution in [0.2, 0.25) is 0 Å². The van der Waals surface area contributed by atoms with E-state index in [-0.39, 0.29) is 5.91 Å². The van der Waals surface area contributed by atoms with E-state index in [1.54, 1.807) is 6.20 Å². The Kier molecular flexibility index (Phi) is 5.52. The number of piperazine rings is 1. The van der Waals surface area contributed by atoms with E-state index in [9.17, 15) is 4.79 Å². The molecule has 0 spiro atoms. The summed E-state index contributed by atoms with van der Waals surface area (Å²) in [5, 5.41) is 2.93. The Balaban J connectivity index is 1.69. The van der Waals surface area contributed by atoms with Crippen molar-refractivity contribution in [2.75, 3.05) is 43.4 Å². The second kappa shape index (κ2) is 7.83. The third-order valence-corrected chi connectivity index (χ3v) is 4.83. The molecule has 138 valence electrons. The lowest BCUT2D eigenvalue weighted by molar-refractivity contribution is 0.102. The molecule has 0 saturated carbocycles. The van der Waals surface area contributed by atoms with Gasteiger partial charge in [-0.05, 0) is 37.6 Å². The molecular formula is C20H27N5O. The minimum absolute atomic E-state index is 0.176. The standard InChI is InChI=1S/C20H27N5O/c1-14(2)16-5-7-17(8-6-16)23-19(26)18-13-21-20(22-15(18)3)25-11-9-24(4)10-12-25/h5-8,13-14H,9-12H2,1-4H3,(H,23,26). The fourth-order valence-electron chi connectivity index (χ4n) is 2.99. The summed E-state index contributed by atoms with van der Waals surface area (Å²) in [6, 6.07) is 7.95. The minimum Gasteiger partial charge on any atom is -0.338 e. The third kappa shape index (κ3) is 4.19. The summed E-state index contributed by atoms with van der Waals surface area (Å²) in [6.07, 6.45) is 1.63. The topological polar surface area (TPSA) is 61.4 Å². The second-order valence-electron chi connectivity index (χ2n) is 7.19. The summed E-state index contributed by atoms with van der Waals surface area (Å²) in [7, 11) is 2.12. The molecule has 2 heterocycles. The fraction of sp³-hybridized carbons (Fsp3) is 0.450. The molecule has 1 N–H and O–H groups in total. The lowest BCUT2D eigenvalue weighted by atomic mass is 10.0.